The second-order valence-electron chi connectivity index (χ2n) is 7.12. The molecule has 2 aromatic carbocycles. The largest absolute Gasteiger partial charge is 0.465 e. The molecule has 0 radical (unpaired) electrons. The van der Waals surface area contributed by atoms with E-state index in [2.05, 4.69) is 10.6 Å². The number of sulfonamides is 1. The van der Waals surface area contributed by atoms with E-state index in [1.54, 1.807) is 24.3 Å². The van der Waals surface area contributed by atoms with Crippen molar-refractivity contribution < 1.29 is 22.7 Å². The Morgan fingerprint density at radius 1 is 1.00 bits per heavy atom. The van der Waals surface area contributed by atoms with Crippen LogP contribution < -0.4 is 10.6 Å². The molecule has 0 saturated carbocycles. The number of hydrogen-bond donors (Lipinski definition) is 2. The van der Waals surface area contributed by atoms with Gasteiger partial charge in [-0.1, -0.05) is 6.07 Å². The molecule has 2 N–H and O–H groups in total. The molecule has 0 spiro atoms. The summed E-state index contributed by atoms with van der Waals surface area (Å²) in [6, 6.07) is 8.03. The molecule has 0 aromatic heterocycles. The van der Waals surface area contributed by atoms with Crippen LogP contribution in [0.4, 0.5) is 11.4 Å². The van der Waals surface area contributed by atoms with Crippen molar-refractivity contribution in [2.24, 2.45) is 0 Å². The second kappa shape index (κ2) is 9.27. The molecule has 162 valence electrons. The predicted molar refractivity (Wildman–Crippen MR) is 116 cm³/mol. The number of amides is 1. The fraction of sp³-hybridized carbons (Fsp3) is 0.333. The summed E-state index contributed by atoms with van der Waals surface area (Å²) in [5.41, 5.74) is 3.83. The molecule has 1 amide bonds. The summed E-state index contributed by atoms with van der Waals surface area (Å²) < 4.78 is 30.8. The minimum Gasteiger partial charge on any atom is -0.465 e. The summed E-state index contributed by atoms with van der Waals surface area (Å²) in [4.78, 5) is 24.3. The van der Waals surface area contributed by atoms with Crippen LogP contribution in [0.5, 0.6) is 0 Å². The number of hydrogen-bond acceptors (Lipinski definition) is 6. The third kappa shape index (κ3) is 5.17. The molecule has 9 heteroatoms. The summed E-state index contributed by atoms with van der Waals surface area (Å²) >= 11 is 0. The Labute approximate surface area is 177 Å². The first-order chi connectivity index (χ1) is 14.0. The van der Waals surface area contributed by atoms with Gasteiger partial charge in [0.1, 0.15) is 0 Å². The van der Waals surface area contributed by atoms with Crippen molar-refractivity contribution in [2.75, 3.05) is 38.4 Å². The van der Waals surface area contributed by atoms with Gasteiger partial charge in [0.15, 0.2) is 0 Å². The Morgan fingerprint density at radius 3 is 2.27 bits per heavy atom. The van der Waals surface area contributed by atoms with Crippen LogP contribution in [0.25, 0.3) is 0 Å². The molecule has 2 aromatic rings. The van der Waals surface area contributed by atoms with Gasteiger partial charge < -0.3 is 15.4 Å². The molecule has 0 fully saturated rings. The van der Waals surface area contributed by atoms with Crippen molar-refractivity contribution in [3.05, 3.63) is 52.6 Å². The molecule has 0 unspecified atom stereocenters. The van der Waals surface area contributed by atoms with Gasteiger partial charge in [-0.05, 0) is 61.7 Å². The Morgan fingerprint density at radius 2 is 1.67 bits per heavy atom. The maximum Gasteiger partial charge on any atom is 0.337 e. The molecule has 0 aliphatic heterocycles. The lowest BCUT2D eigenvalue weighted by Crippen LogP contribution is -2.24. The van der Waals surface area contributed by atoms with Gasteiger partial charge in [-0.2, -0.15) is 0 Å². The maximum absolute atomic E-state index is 12.5. The molecule has 0 atom stereocenters. The van der Waals surface area contributed by atoms with Gasteiger partial charge in [0.2, 0.25) is 15.9 Å². The van der Waals surface area contributed by atoms with Crippen LogP contribution in [-0.2, 0) is 19.6 Å². The Bertz CT molecular complexity index is 1080. The van der Waals surface area contributed by atoms with E-state index in [9.17, 15) is 18.0 Å². The topological polar surface area (TPSA) is 105 Å². The van der Waals surface area contributed by atoms with Gasteiger partial charge in [-0.25, -0.2) is 17.5 Å². The number of carbonyl (C=O) groups is 2. The van der Waals surface area contributed by atoms with Crippen molar-refractivity contribution in [2.45, 2.75) is 25.7 Å². The number of carbonyl (C=O) groups excluding carboxylic acids is 2. The first-order valence-electron chi connectivity index (χ1n) is 9.23. The predicted octanol–water partition coefficient (Wildman–Crippen LogP) is 2.70. The number of nitrogens with zero attached hydrogens (tertiary/aromatic N) is 1. The Kier molecular flexibility index (Phi) is 7.22. The molecule has 30 heavy (non-hydrogen) atoms. The van der Waals surface area contributed by atoms with E-state index >= 15 is 0 Å². The van der Waals surface area contributed by atoms with E-state index in [1.165, 1.54) is 27.3 Å². The molecular weight excluding hydrogens is 406 g/mol. The molecule has 0 heterocycles. The Hall–Kier alpha value is -2.91. The van der Waals surface area contributed by atoms with Gasteiger partial charge in [0.25, 0.3) is 0 Å². The van der Waals surface area contributed by atoms with Gasteiger partial charge in [0, 0.05) is 25.5 Å². The summed E-state index contributed by atoms with van der Waals surface area (Å²) in [6.07, 6.45) is 0. The third-order valence-corrected chi connectivity index (χ3v) is 6.58. The van der Waals surface area contributed by atoms with Crippen molar-refractivity contribution in [1.82, 2.24) is 4.31 Å². The third-order valence-electron chi connectivity index (χ3n) is 4.79. The van der Waals surface area contributed by atoms with Crippen LogP contribution in [0.1, 0.15) is 27.0 Å². The average molecular weight is 434 g/mol. The second-order valence-corrected chi connectivity index (χ2v) is 9.28. The van der Waals surface area contributed by atoms with Crippen LogP contribution >= 0.6 is 0 Å². The first kappa shape index (κ1) is 23.4. The molecular formula is C21H27N3O5S. The molecule has 0 saturated heterocycles. The minimum absolute atomic E-state index is 0.0758. The summed E-state index contributed by atoms with van der Waals surface area (Å²) in [7, 11) is 0.629. The van der Waals surface area contributed by atoms with Crippen molar-refractivity contribution >= 4 is 33.3 Å². The number of ether oxygens (including phenoxy) is 1. The highest BCUT2D eigenvalue weighted by atomic mass is 32.2. The highest BCUT2D eigenvalue weighted by molar-refractivity contribution is 7.89. The quantitative estimate of drug-likeness (QED) is 0.651. The minimum atomic E-state index is -3.60. The number of benzene rings is 2. The number of rotatable bonds is 7. The van der Waals surface area contributed by atoms with E-state index < -0.39 is 16.0 Å². The van der Waals surface area contributed by atoms with E-state index in [4.69, 9.17) is 4.74 Å². The molecule has 0 bridgehead atoms. The van der Waals surface area contributed by atoms with Crippen LogP contribution in [0, 0.1) is 20.8 Å². The zero-order valence-corrected chi connectivity index (χ0v) is 18.8. The standard InChI is InChI=1S/C21H27N3O5S/c1-13-7-8-16(21(26)29-6)10-18(13)23-20(25)12-22-19-11-17(9-14(2)15(19)3)30(27,28)24(4)5/h7-11,22H,12H2,1-6H3,(H,23,25). The monoisotopic (exact) mass is 433 g/mol. The summed E-state index contributed by atoms with van der Waals surface area (Å²) in [6.45, 7) is 5.41. The van der Waals surface area contributed by atoms with Crippen molar-refractivity contribution in [1.29, 1.82) is 0 Å². The highest BCUT2D eigenvalue weighted by Gasteiger charge is 2.20. The number of methoxy groups -OCH3 is 1. The lowest BCUT2D eigenvalue weighted by molar-refractivity contribution is -0.114. The molecule has 0 aliphatic carbocycles. The van der Waals surface area contributed by atoms with E-state index in [0.29, 0.717) is 16.9 Å². The van der Waals surface area contributed by atoms with Crippen molar-refractivity contribution in [3.8, 4) is 0 Å². The summed E-state index contributed by atoms with van der Waals surface area (Å²) in [5.74, 6) is -0.827. The van der Waals surface area contributed by atoms with Crippen LogP contribution in [-0.4, -0.2) is 52.3 Å². The van der Waals surface area contributed by atoms with Gasteiger partial charge in [-0.3, -0.25) is 4.79 Å². The first-order valence-corrected chi connectivity index (χ1v) is 10.7. The molecule has 2 rings (SSSR count). The van der Waals surface area contributed by atoms with Crippen LogP contribution in [0.15, 0.2) is 35.2 Å². The van der Waals surface area contributed by atoms with Crippen molar-refractivity contribution in [3.63, 3.8) is 0 Å². The number of esters is 1. The molecule has 8 nitrogen and oxygen atoms in total. The lowest BCUT2D eigenvalue weighted by atomic mass is 10.1. The number of anilines is 2. The zero-order chi connectivity index (χ0) is 22.6. The van der Waals surface area contributed by atoms with E-state index in [1.807, 2.05) is 20.8 Å². The average Bonchev–Trinajstić information content (AvgIpc) is 2.69. The zero-order valence-electron chi connectivity index (χ0n) is 18.0. The van der Waals surface area contributed by atoms with Gasteiger partial charge >= 0.3 is 5.97 Å². The Balaban J connectivity index is 2.19. The van der Waals surface area contributed by atoms with E-state index in [-0.39, 0.29) is 17.3 Å². The van der Waals surface area contributed by atoms with Crippen LogP contribution in [0.3, 0.4) is 0 Å². The van der Waals surface area contributed by atoms with E-state index in [0.717, 1.165) is 21.0 Å². The fourth-order valence-electron chi connectivity index (χ4n) is 2.74. The SMILES string of the molecule is COC(=O)c1ccc(C)c(NC(=O)CNc2cc(S(=O)(=O)N(C)C)cc(C)c2C)c1. The number of nitrogens with one attached hydrogen (secondary N) is 2. The molecule has 0 aliphatic rings. The van der Waals surface area contributed by atoms with Gasteiger partial charge in [-0.15, -0.1) is 0 Å². The fourth-order valence-corrected chi connectivity index (χ4v) is 3.76. The number of aryl methyl sites for hydroxylation is 2. The lowest BCUT2D eigenvalue weighted by Gasteiger charge is -2.17. The summed E-state index contributed by atoms with van der Waals surface area (Å²) in [5, 5.41) is 5.77. The van der Waals surface area contributed by atoms with Crippen LogP contribution in [0.2, 0.25) is 0 Å². The smallest absolute Gasteiger partial charge is 0.337 e. The highest BCUT2D eigenvalue weighted by Crippen LogP contribution is 2.25. The maximum atomic E-state index is 12.5. The van der Waals surface area contributed by atoms with Gasteiger partial charge in [0.05, 0.1) is 24.1 Å². The normalized spacial score (nSPS) is 11.3.